The predicted molar refractivity (Wildman–Crippen MR) is 124 cm³/mol. The van der Waals surface area contributed by atoms with Crippen LogP contribution in [0.15, 0.2) is 30.3 Å². The van der Waals surface area contributed by atoms with E-state index in [1.165, 1.54) is 13.8 Å². The highest BCUT2D eigenvalue weighted by molar-refractivity contribution is 5.94. The number of carbonyl (C=O) groups is 6. The number of nitrogens with one attached hydrogen (secondary N) is 4. The van der Waals surface area contributed by atoms with Gasteiger partial charge in [0.1, 0.15) is 18.1 Å². The van der Waals surface area contributed by atoms with Crippen molar-refractivity contribution in [2.45, 2.75) is 57.3 Å². The van der Waals surface area contributed by atoms with Gasteiger partial charge in [-0.05, 0) is 25.8 Å². The van der Waals surface area contributed by atoms with E-state index in [2.05, 4.69) is 21.3 Å². The number of nitrogens with two attached hydrogens (primary N) is 2. The summed E-state index contributed by atoms with van der Waals surface area (Å²) in [6.45, 7) is 2.25. The predicted octanol–water partition coefficient (Wildman–Crippen LogP) is -2.48. The van der Waals surface area contributed by atoms with Gasteiger partial charge in [0.05, 0.1) is 12.6 Å². The molecule has 13 nitrogen and oxygen atoms in total. The van der Waals surface area contributed by atoms with Crippen LogP contribution in [0, 0.1) is 0 Å². The molecular weight excluding hydrogens is 460 g/mol. The van der Waals surface area contributed by atoms with Crippen molar-refractivity contribution < 1.29 is 33.9 Å². The number of aliphatic carboxylic acids is 1. The highest BCUT2D eigenvalue weighted by Gasteiger charge is 2.24. The summed E-state index contributed by atoms with van der Waals surface area (Å²) in [5.74, 6) is -4.58. The molecule has 0 spiro atoms. The Hall–Kier alpha value is -4.00. The number of rotatable bonds is 14. The van der Waals surface area contributed by atoms with Crippen LogP contribution in [0.2, 0.25) is 0 Å². The van der Waals surface area contributed by atoms with E-state index in [1.807, 2.05) is 0 Å². The topological polar surface area (TPSA) is 223 Å². The van der Waals surface area contributed by atoms with Crippen LogP contribution in [-0.4, -0.2) is 71.3 Å². The summed E-state index contributed by atoms with van der Waals surface area (Å²) in [6, 6.07) is 4.43. The fourth-order valence-corrected chi connectivity index (χ4v) is 2.83. The maximum absolute atomic E-state index is 12.2. The van der Waals surface area contributed by atoms with Crippen LogP contribution >= 0.6 is 0 Å². The zero-order chi connectivity index (χ0) is 26.5. The maximum Gasteiger partial charge on any atom is 0.326 e. The summed E-state index contributed by atoms with van der Waals surface area (Å²) < 4.78 is 0. The smallest absolute Gasteiger partial charge is 0.326 e. The van der Waals surface area contributed by atoms with Crippen LogP contribution in [0.5, 0.6) is 0 Å². The molecule has 5 amide bonds. The summed E-state index contributed by atoms with van der Waals surface area (Å²) >= 11 is 0. The first-order chi connectivity index (χ1) is 16.4. The van der Waals surface area contributed by atoms with E-state index in [0.717, 1.165) is 5.56 Å². The van der Waals surface area contributed by atoms with Gasteiger partial charge < -0.3 is 37.8 Å². The fourth-order valence-electron chi connectivity index (χ4n) is 2.83. The fraction of sp³-hybridized carbons (Fsp3) is 0.455. The Morgan fingerprint density at radius 2 is 1.46 bits per heavy atom. The summed E-state index contributed by atoms with van der Waals surface area (Å²) in [6.07, 6.45) is 0.00198. The quantitative estimate of drug-likeness (QED) is 0.147. The van der Waals surface area contributed by atoms with Gasteiger partial charge in [-0.15, -0.1) is 0 Å². The maximum atomic E-state index is 12.2. The van der Waals surface area contributed by atoms with Crippen molar-refractivity contribution in [1.29, 1.82) is 0 Å². The van der Waals surface area contributed by atoms with E-state index in [9.17, 15) is 33.9 Å². The highest BCUT2D eigenvalue weighted by Crippen LogP contribution is 2.03. The molecule has 1 rings (SSSR count). The molecule has 1 aromatic carbocycles. The molecule has 0 bridgehead atoms. The molecule has 0 aliphatic carbocycles. The van der Waals surface area contributed by atoms with Crippen molar-refractivity contribution in [2.75, 3.05) is 6.54 Å². The Bertz CT molecular complexity index is 924. The third kappa shape index (κ3) is 11.1. The largest absolute Gasteiger partial charge is 0.480 e. The minimum atomic E-state index is -1.22. The van der Waals surface area contributed by atoms with Gasteiger partial charge in [-0.25, -0.2) is 4.79 Å². The minimum Gasteiger partial charge on any atom is -0.480 e. The lowest BCUT2D eigenvalue weighted by Gasteiger charge is -2.20. The van der Waals surface area contributed by atoms with Crippen LogP contribution in [-0.2, 0) is 35.2 Å². The number of carboxylic acids is 1. The van der Waals surface area contributed by atoms with Gasteiger partial charge >= 0.3 is 5.97 Å². The van der Waals surface area contributed by atoms with Crippen molar-refractivity contribution in [3.05, 3.63) is 35.9 Å². The summed E-state index contributed by atoms with van der Waals surface area (Å²) in [4.78, 5) is 70.8. The molecule has 0 aliphatic rings. The van der Waals surface area contributed by atoms with E-state index < -0.39 is 66.2 Å². The molecule has 9 N–H and O–H groups in total. The lowest BCUT2D eigenvalue weighted by molar-refractivity contribution is -0.141. The van der Waals surface area contributed by atoms with Gasteiger partial charge in [0, 0.05) is 12.8 Å². The van der Waals surface area contributed by atoms with Crippen molar-refractivity contribution in [3.8, 4) is 0 Å². The van der Waals surface area contributed by atoms with Crippen molar-refractivity contribution in [2.24, 2.45) is 11.5 Å². The third-order valence-electron chi connectivity index (χ3n) is 4.88. The SMILES string of the molecule is C[C@H](NC(=O)[C@H](C)NC(=O)[C@@H](N)CCC(N)=O)C(=O)NCC(=O)N[C@@H](Cc1ccccc1)C(=O)O. The van der Waals surface area contributed by atoms with Crippen molar-refractivity contribution in [3.63, 3.8) is 0 Å². The molecule has 0 fully saturated rings. The Balaban J connectivity index is 2.47. The highest BCUT2D eigenvalue weighted by atomic mass is 16.4. The van der Waals surface area contributed by atoms with Gasteiger partial charge in [0.15, 0.2) is 0 Å². The second-order valence-electron chi connectivity index (χ2n) is 7.94. The number of hydrogen-bond acceptors (Lipinski definition) is 7. The van der Waals surface area contributed by atoms with Gasteiger partial charge in [-0.3, -0.25) is 24.0 Å². The first kappa shape index (κ1) is 29.0. The lowest BCUT2D eigenvalue weighted by Crippen LogP contribution is -2.55. The molecule has 0 radical (unpaired) electrons. The lowest BCUT2D eigenvalue weighted by atomic mass is 10.1. The number of amides is 5. The summed E-state index contributed by atoms with van der Waals surface area (Å²) in [5.41, 5.74) is 11.4. The van der Waals surface area contributed by atoms with E-state index in [-0.39, 0.29) is 19.3 Å². The number of carboxylic acid groups (broad SMARTS) is 1. The Morgan fingerprint density at radius 1 is 0.886 bits per heavy atom. The van der Waals surface area contributed by atoms with Gasteiger partial charge in [-0.2, -0.15) is 0 Å². The van der Waals surface area contributed by atoms with E-state index in [4.69, 9.17) is 11.5 Å². The molecule has 192 valence electrons. The van der Waals surface area contributed by atoms with Gasteiger partial charge in [0.25, 0.3) is 0 Å². The van der Waals surface area contributed by atoms with E-state index >= 15 is 0 Å². The summed E-state index contributed by atoms with van der Waals surface area (Å²) in [5, 5.41) is 18.7. The molecule has 0 unspecified atom stereocenters. The van der Waals surface area contributed by atoms with E-state index in [0.29, 0.717) is 0 Å². The first-order valence-electron chi connectivity index (χ1n) is 10.9. The second-order valence-corrected chi connectivity index (χ2v) is 7.94. The standard InChI is InChI=1S/C22H32N6O7/c1-12(26-20(32)13(2)27-21(33)15(23)8-9-17(24)29)19(31)25-11-18(30)28-16(22(34)35)10-14-6-4-3-5-7-14/h3-7,12-13,15-16H,8-11,23H2,1-2H3,(H2,24,29)(H,25,31)(H,26,32)(H,27,33)(H,28,30)(H,34,35)/t12-,13-,15-,16-/m0/s1. The minimum absolute atomic E-state index is 0.0183. The zero-order valence-corrected chi connectivity index (χ0v) is 19.6. The second kappa shape index (κ2) is 14.3. The third-order valence-corrected chi connectivity index (χ3v) is 4.88. The normalized spacial score (nSPS) is 13.9. The molecule has 1 aromatic rings. The molecule has 0 saturated heterocycles. The molecule has 13 heteroatoms. The van der Waals surface area contributed by atoms with Crippen LogP contribution < -0.4 is 32.7 Å². The van der Waals surface area contributed by atoms with Crippen LogP contribution in [0.25, 0.3) is 0 Å². The van der Waals surface area contributed by atoms with Crippen LogP contribution in [0.3, 0.4) is 0 Å². The average molecular weight is 493 g/mol. The zero-order valence-electron chi connectivity index (χ0n) is 19.6. The van der Waals surface area contributed by atoms with Crippen molar-refractivity contribution in [1.82, 2.24) is 21.3 Å². The van der Waals surface area contributed by atoms with E-state index in [1.54, 1.807) is 30.3 Å². The molecule has 0 saturated carbocycles. The van der Waals surface area contributed by atoms with Gasteiger partial charge in [-0.1, -0.05) is 30.3 Å². The number of benzene rings is 1. The van der Waals surface area contributed by atoms with Gasteiger partial charge in [0.2, 0.25) is 29.5 Å². The average Bonchev–Trinajstić information content (AvgIpc) is 2.80. The van der Waals surface area contributed by atoms with Crippen LogP contribution in [0.4, 0.5) is 0 Å². The Morgan fingerprint density at radius 3 is 2.03 bits per heavy atom. The monoisotopic (exact) mass is 492 g/mol. The van der Waals surface area contributed by atoms with Crippen molar-refractivity contribution >= 4 is 35.5 Å². The molecule has 4 atom stereocenters. The summed E-state index contributed by atoms with van der Waals surface area (Å²) in [7, 11) is 0. The van der Waals surface area contributed by atoms with Crippen LogP contribution in [0.1, 0.15) is 32.3 Å². The Kier molecular flexibility index (Phi) is 11.9. The molecule has 35 heavy (non-hydrogen) atoms. The molecule has 0 heterocycles. The molecule has 0 aliphatic heterocycles. The Labute approximate surface area is 202 Å². The molecular formula is C22H32N6O7. The number of primary amides is 1. The number of hydrogen-bond donors (Lipinski definition) is 7. The number of carbonyl (C=O) groups excluding carboxylic acids is 5. The first-order valence-corrected chi connectivity index (χ1v) is 10.9. The molecule has 0 aromatic heterocycles.